The van der Waals surface area contributed by atoms with Gasteiger partial charge in [-0.05, 0) is 60.5 Å². The van der Waals surface area contributed by atoms with Crippen molar-refractivity contribution in [3.05, 3.63) is 82.2 Å². The predicted octanol–water partition coefficient (Wildman–Crippen LogP) is 4.50. The first-order valence-corrected chi connectivity index (χ1v) is 10.5. The first kappa shape index (κ1) is 23.4. The molecule has 3 N–H and O–H groups in total. The molecule has 9 heteroatoms. The van der Waals surface area contributed by atoms with E-state index in [2.05, 4.69) is 5.32 Å². The minimum absolute atomic E-state index is 0.0378. The van der Waals surface area contributed by atoms with Crippen molar-refractivity contribution >= 4 is 28.7 Å². The summed E-state index contributed by atoms with van der Waals surface area (Å²) in [7, 11) is 3.11. The fraction of sp³-hybridized carbons (Fsp3) is 0.115. The number of fused-ring (bicyclic) bond motifs is 1. The maximum absolute atomic E-state index is 13.0. The summed E-state index contributed by atoms with van der Waals surface area (Å²) < 4.78 is 21.0. The molecule has 0 spiro atoms. The van der Waals surface area contributed by atoms with Crippen LogP contribution in [0.1, 0.15) is 15.9 Å². The third-order valence-corrected chi connectivity index (χ3v) is 5.33. The van der Waals surface area contributed by atoms with Gasteiger partial charge in [0.25, 0.3) is 5.91 Å². The second kappa shape index (κ2) is 9.60. The molecule has 4 rings (SSSR count). The zero-order valence-electron chi connectivity index (χ0n) is 19.2. The number of primary amides is 1. The predicted molar refractivity (Wildman–Crippen MR) is 130 cm³/mol. The minimum atomic E-state index is -0.980. The van der Waals surface area contributed by atoms with E-state index in [9.17, 15) is 14.4 Å². The van der Waals surface area contributed by atoms with E-state index in [0.717, 1.165) is 5.56 Å². The van der Waals surface area contributed by atoms with E-state index in [4.69, 9.17) is 24.4 Å². The van der Waals surface area contributed by atoms with Crippen LogP contribution in [0.2, 0.25) is 0 Å². The molecule has 0 aliphatic carbocycles. The summed E-state index contributed by atoms with van der Waals surface area (Å²) >= 11 is 0. The van der Waals surface area contributed by atoms with Crippen LogP contribution in [0, 0.1) is 6.92 Å². The van der Waals surface area contributed by atoms with Crippen LogP contribution in [0.15, 0.2) is 69.9 Å². The van der Waals surface area contributed by atoms with Crippen molar-refractivity contribution in [2.75, 3.05) is 19.5 Å². The Bertz CT molecular complexity index is 1510. The molecule has 9 nitrogen and oxygen atoms in total. The highest BCUT2D eigenvalue weighted by molar-refractivity contribution is 6.05. The van der Waals surface area contributed by atoms with Gasteiger partial charge < -0.3 is 29.7 Å². The molecule has 1 heterocycles. The third-order valence-electron chi connectivity index (χ3n) is 5.33. The molecule has 178 valence electrons. The molecule has 1 aromatic heterocycles. The van der Waals surface area contributed by atoms with Crippen LogP contribution >= 0.6 is 0 Å². The van der Waals surface area contributed by atoms with Crippen molar-refractivity contribution in [1.29, 1.82) is 0 Å². The molecular weight excluding hydrogens is 452 g/mol. The zero-order chi connectivity index (χ0) is 25.1. The SMILES string of the molecule is COc1cccc(-c2cc(C(=O)Nc3cc4cc(C)c(OC(N)=O)cc4oc3=O)ccc2OC)c1. The van der Waals surface area contributed by atoms with Crippen molar-refractivity contribution in [3.8, 4) is 28.4 Å². The first-order valence-electron chi connectivity index (χ1n) is 10.5. The molecule has 0 unspecified atom stereocenters. The molecule has 0 saturated carbocycles. The molecule has 0 bridgehead atoms. The van der Waals surface area contributed by atoms with Crippen LogP contribution in [0.25, 0.3) is 22.1 Å². The van der Waals surface area contributed by atoms with Crippen LogP contribution in [0.4, 0.5) is 10.5 Å². The molecular formula is C26H22N2O7. The summed E-state index contributed by atoms with van der Waals surface area (Å²) in [4.78, 5) is 36.6. The number of aryl methyl sites for hydroxylation is 1. The normalized spacial score (nSPS) is 10.6. The van der Waals surface area contributed by atoms with Gasteiger partial charge in [0.2, 0.25) is 0 Å². The molecule has 0 aliphatic rings. The van der Waals surface area contributed by atoms with Gasteiger partial charge >= 0.3 is 11.7 Å². The van der Waals surface area contributed by atoms with Gasteiger partial charge in [0.05, 0.1) is 14.2 Å². The zero-order valence-corrected chi connectivity index (χ0v) is 19.2. The summed E-state index contributed by atoms with van der Waals surface area (Å²) in [5.41, 5.74) is 6.83. The topological polar surface area (TPSA) is 130 Å². The monoisotopic (exact) mass is 474 g/mol. The fourth-order valence-corrected chi connectivity index (χ4v) is 3.63. The Hall–Kier alpha value is -4.79. The molecule has 35 heavy (non-hydrogen) atoms. The number of ether oxygens (including phenoxy) is 3. The second-order valence-corrected chi connectivity index (χ2v) is 7.63. The van der Waals surface area contributed by atoms with E-state index in [1.54, 1.807) is 45.4 Å². The summed E-state index contributed by atoms with van der Waals surface area (Å²) in [6.07, 6.45) is -0.980. The van der Waals surface area contributed by atoms with E-state index in [-0.39, 0.29) is 17.0 Å². The average Bonchev–Trinajstić information content (AvgIpc) is 2.84. The minimum Gasteiger partial charge on any atom is -0.497 e. The van der Waals surface area contributed by atoms with Gasteiger partial charge in [-0.1, -0.05) is 12.1 Å². The van der Waals surface area contributed by atoms with Crippen molar-refractivity contribution in [2.45, 2.75) is 6.92 Å². The highest BCUT2D eigenvalue weighted by atomic mass is 16.5. The molecule has 2 amide bonds. The lowest BCUT2D eigenvalue weighted by Crippen LogP contribution is -2.18. The number of amides is 2. The Morgan fingerprint density at radius 3 is 2.46 bits per heavy atom. The first-order chi connectivity index (χ1) is 16.8. The Kier molecular flexibility index (Phi) is 6.41. The fourth-order valence-electron chi connectivity index (χ4n) is 3.63. The highest BCUT2D eigenvalue weighted by Gasteiger charge is 2.16. The lowest BCUT2D eigenvalue weighted by Gasteiger charge is -2.12. The molecule has 3 aromatic carbocycles. The van der Waals surface area contributed by atoms with Crippen LogP contribution < -0.4 is 30.9 Å². The number of carbonyl (C=O) groups excluding carboxylic acids is 2. The standard InChI is InChI=1S/C26H22N2O7/c1-14-9-17-12-20(25(30)34-23(17)13-22(14)35-26(27)31)28-24(29)16-7-8-21(33-3)19(11-16)15-5-4-6-18(10-15)32-2/h4-13H,1-3H3,(H2,27,31)(H,28,29). The van der Waals surface area contributed by atoms with E-state index in [1.165, 1.54) is 12.1 Å². The number of hydrogen-bond acceptors (Lipinski definition) is 7. The summed E-state index contributed by atoms with van der Waals surface area (Å²) in [5.74, 6) is 0.902. The second-order valence-electron chi connectivity index (χ2n) is 7.63. The Morgan fingerprint density at radius 2 is 1.74 bits per heavy atom. The number of benzene rings is 3. The van der Waals surface area contributed by atoms with E-state index >= 15 is 0 Å². The van der Waals surface area contributed by atoms with Crippen molar-refractivity contribution in [3.63, 3.8) is 0 Å². The number of nitrogens with two attached hydrogens (primary N) is 1. The van der Waals surface area contributed by atoms with Gasteiger partial charge in [-0.2, -0.15) is 0 Å². The number of carbonyl (C=O) groups is 2. The summed E-state index contributed by atoms with van der Waals surface area (Å²) in [6.45, 7) is 1.71. The lowest BCUT2D eigenvalue weighted by atomic mass is 10.0. The van der Waals surface area contributed by atoms with E-state index < -0.39 is 17.6 Å². The number of hydrogen-bond donors (Lipinski definition) is 2. The number of anilines is 1. The smallest absolute Gasteiger partial charge is 0.409 e. The quantitative estimate of drug-likeness (QED) is 0.394. The molecule has 0 aliphatic heterocycles. The van der Waals surface area contributed by atoms with E-state index in [0.29, 0.717) is 33.6 Å². The Balaban J connectivity index is 1.67. The van der Waals surface area contributed by atoms with Crippen molar-refractivity contribution < 1.29 is 28.2 Å². The van der Waals surface area contributed by atoms with E-state index in [1.807, 2.05) is 24.3 Å². The van der Waals surface area contributed by atoms with Gasteiger partial charge in [-0.25, -0.2) is 9.59 Å². The average molecular weight is 474 g/mol. The Morgan fingerprint density at radius 1 is 0.943 bits per heavy atom. The maximum Gasteiger partial charge on any atom is 0.409 e. The third kappa shape index (κ3) is 4.93. The molecule has 0 radical (unpaired) electrons. The lowest BCUT2D eigenvalue weighted by molar-refractivity contribution is 0.102. The molecule has 4 aromatic rings. The molecule has 0 saturated heterocycles. The van der Waals surface area contributed by atoms with Crippen LogP contribution in [-0.2, 0) is 0 Å². The van der Waals surface area contributed by atoms with Crippen LogP contribution in [0.5, 0.6) is 17.2 Å². The highest BCUT2D eigenvalue weighted by Crippen LogP contribution is 2.33. The van der Waals surface area contributed by atoms with Crippen LogP contribution in [0.3, 0.4) is 0 Å². The molecule has 0 atom stereocenters. The largest absolute Gasteiger partial charge is 0.497 e. The van der Waals surface area contributed by atoms with Gasteiger partial charge in [-0.3, -0.25) is 4.79 Å². The molecule has 0 fully saturated rings. The number of methoxy groups -OCH3 is 2. The van der Waals surface area contributed by atoms with Gasteiger partial charge in [0.1, 0.15) is 28.5 Å². The van der Waals surface area contributed by atoms with Crippen molar-refractivity contribution in [1.82, 2.24) is 0 Å². The van der Waals surface area contributed by atoms with Gasteiger partial charge in [0.15, 0.2) is 0 Å². The summed E-state index contributed by atoms with van der Waals surface area (Å²) in [6, 6.07) is 16.8. The van der Waals surface area contributed by atoms with Gasteiger partial charge in [-0.15, -0.1) is 0 Å². The number of nitrogens with one attached hydrogen (secondary N) is 1. The van der Waals surface area contributed by atoms with Gasteiger partial charge in [0, 0.05) is 22.6 Å². The van der Waals surface area contributed by atoms with Crippen LogP contribution in [-0.4, -0.2) is 26.2 Å². The summed E-state index contributed by atoms with van der Waals surface area (Å²) in [5, 5.41) is 3.14. The Labute approximate surface area is 200 Å². The maximum atomic E-state index is 13.0. The number of rotatable bonds is 6. The van der Waals surface area contributed by atoms with Crippen molar-refractivity contribution in [2.24, 2.45) is 5.73 Å².